The van der Waals surface area contributed by atoms with E-state index in [1.165, 1.54) is 11.3 Å². The van der Waals surface area contributed by atoms with Crippen LogP contribution in [0.4, 0.5) is 0 Å². The fraction of sp³-hybridized carbons (Fsp3) is 0.217. The molecule has 6 nitrogen and oxygen atoms in total. The lowest BCUT2D eigenvalue weighted by Gasteiger charge is -2.24. The summed E-state index contributed by atoms with van der Waals surface area (Å²) in [5, 5.41) is 0. The van der Waals surface area contributed by atoms with E-state index in [1.807, 2.05) is 49.4 Å². The molecule has 2 aromatic heterocycles. The van der Waals surface area contributed by atoms with Gasteiger partial charge in [0.25, 0.3) is 5.56 Å². The Kier molecular flexibility index (Phi) is 5.46. The fourth-order valence-corrected chi connectivity index (χ4v) is 4.48. The number of ether oxygens (including phenoxy) is 1. The molecule has 1 aromatic carbocycles. The van der Waals surface area contributed by atoms with Gasteiger partial charge in [0.05, 0.1) is 34.1 Å². The molecule has 0 bridgehead atoms. The molecular weight excluding hydrogens is 398 g/mol. The number of carbonyl (C=O) groups is 1. The van der Waals surface area contributed by atoms with Gasteiger partial charge in [0, 0.05) is 6.20 Å². The SMILES string of the molecule is CCOC(=O)C1=C(C)N=c2s/c(=C/c3ccccn3)c(=O)n2[C@H]1c1ccc(C)cc1. The first-order valence-corrected chi connectivity index (χ1v) is 10.5. The normalized spacial score (nSPS) is 16.2. The number of nitrogens with zero attached hydrogens (tertiary/aromatic N) is 3. The third-order valence-electron chi connectivity index (χ3n) is 4.88. The number of aromatic nitrogens is 2. The molecule has 152 valence electrons. The van der Waals surface area contributed by atoms with Gasteiger partial charge < -0.3 is 4.74 Å². The number of allylic oxidation sites excluding steroid dienone is 1. The van der Waals surface area contributed by atoms with Crippen molar-refractivity contribution in [1.29, 1.82) is 0 Å². The summed E-state index contributed by atoms with van der Waals surface area (Å²) in [6, 6.07) is 12.8. The van der Waals surface area contributed by atoms with E-state index < -0.39 is 12.0 Å². The molecule has 1 aliphatic heterocycles. The van der Waals surface area contributed by atoms with Gasteiger partial charge in [-0.25, -0.2) is 9.79 Å². The number of hydrogen-bond acceptors (Lipinski definition) is 6. The molecule has 0 unspecified atom stereocenters. The Hall–Kier alpha value is -3.32. The average molecular weight is 420 g/mol. The van der Waals surface area contributed by atoms with Gasteiger partial charge in [0.1, 0.15) is 0 Å². The average Bonchev–Trinajstić information content (AvgIpc) is 3.03. The van der Waals surface area contributed by atoms with E-state index in [-0.39, 0.29) is 12.2 Å². The summed E-state index contributed by atoms with van der Waals surface area (Å²) in [4.78, 5) is 35.6. The Bertz CT molecular complexity index is 1300. The number of thiazole rings is 1. The minimum absolute atomic E-state index is 0.204. The molecule has 0 fully saturated rings. The molecule has 4 rings (SSSR count). The van der Waals surface area contributed by atoms with E-state index in [1.54, 1.807) is 30.7 Å². The number of hydrogen-bond donors (Lipinski definition) is 0. The van der Waals surface area contributed by atoms with Crippen molar-refractivity contribution in [2.24, 2.45) is 4.99 Å². The second-order valence-corrected chi connectivity index (χ2v) is 7.98. The van der Waals surface area contributed by atoms with E-state index >= 15 is 0 Å². The van der Waals surface area contributed by atoms with E-state index in [0.29, 0.717) is 26.3 Å². The Labute approximate surface area is 177 Å². The molecule has 1 aliphatic rings. The lowest BCUT2D eigenvalue weighted by atomic mass is 9.95. The zero-order valence-corrected chi connectivity index (χ0v) is 17.8. The molecule has 3 aromatic rings. The van der Waals surface area contributed by atoms with Crippen LogP contribution in [0.3, 0.4) is 0 Å². The molecule has 3 heterocycles. The van der Waals surface area contributed by atoms with Gasteiger partial charge >= 0.3 is 5.97 Å². The van der Waals surface area contributed by atoms with Gasteiger partial charge in [-0.1, -0.05) is 47.2 Å². The van der Waals surface area contributed by atoms with Crippen LogP contribution in [0, 0.1) is 6.92 Å². The van der Waals surface area contributed by atoms with Crippen LogP contribution >= 0.6 is 11.3 Å². The molecule has 1 atom stereocenters. The number of benzene rings is 1. The zero-order valence-electron chi connectivity index (χ0n) is 17.0. The second kappa shape index (κ2) is 8.20. The molecule has 7 heteroatoms. The van der Waals surface area contributed by atoms with Crippen LogP contribution < -0.4 is 14.9 Å². The minimum Gasteiger partial charge on any atom is -0.463 e. The molecular formula is C23H21N3O3S. The zero-order chi connectivity index (χ0) is 21.3. The first-order valence-electron chi connectivity index (χ1n) is 9.67. The summed E-state index contributed by atoms with van der Waals surface area (Å²) in [6.07, 6.45) is 3.43. The number of esters is 1. The molecule has 0 amide bonds. The number of carbonyl (C=O) groups excluding carboxylic acids is 1. The third-order valence-corrected chi connectivity index (χ3v) is 5.86. The largest absolute Gasteiger partial charge is 0.463 e. The minimum atomic E-state index is -0.591. The van der Waals surface area contributed by atoms with Crippen LogP contribution in [0.25, 0.3) is 6.08 Å². The molecule has 30 heavy (non-hydrogen) atoms. The fourth-order valence-electron chi connectivity index (χ4n) is 3.45. The van der Waals surface area contributed by atoms with E-state index in [4.69, 9.17) is 4.74 Å². The molecule has 0 N–H and O–H groups in total. The van der Waals surface area contributed by atoms with Crippen molar-refractivity contribution in [1.82, 2.24) is 9.55 Å². The molecule has 0 saturated heterocycles. The number of fused-ring (bicyclic) bond motifs is 1. The summed E-state index contributed by atoms with van der Waals surface area (Å²) in [5.74, 6) is -0.455. The summed E-state index contributed by atoms with van der Waals surface area (Å²) in [6.45, 7) is 5.79. The van der Waals surface area contributed by atoms with Crippen molar-refractivity contribution in [3.8, 4) is 0 Å². The van der Waals surface area contributed by atoms with Gasteiger partial charge in [0.15, 0.2) is 4.80 Å². The highest BCUT2D eigenvalue weighted by Gasteiger charge is 2.33. The number of pyridine rings is 1. The van der Waals surface area contributed by atoms with Crippen LogP contribution in [0.15, 0.2) is 69.7 Å². The van der Waals surface area contributed by atoms with E-state index in [2.05, 4.69) is 9.98 Å². The molecule has 0 radical (unpaired) electrons. The van der Waals surface area contributed by atoms with E-state index in [9.17, 15) is 9.59 Å². The molecule has 0 saturated carbocycles. The second-order valence-electron chi connectivity index (χ2n) is 6.97. The first kappa shape index (κ1) is 20.0. The van der Waals surface area contributed by atoms with Crippen molar-refractivity contribution in [2.45, 2.75) is 26.8 Å². The first-order chi connectivity index (χ1) is 14.5. The van der Waals surface area contributed by atoms with Gasteiger partial charge in [-0.05, 0) is 44.5 Å². The smallest absolute Gasteiger partial charge is 0.338 e. The Morgan fingerprint density at radius 3 is 2.63 bits per heavy atom. The number of aryl methyl sites for hydroxylation is 1. The van der Waals surface area contributed by atoms with Crippen molar-refractivity contribution in [2.75, 3.05) is 6.61 Å². The maximum atomic E-state index is 13.4. The maximum Gasteiger partial charge on any atom is 0.338 e. The summed E-state index contributed by atoms with van der Waals surface area (Å²) >= 11 is 1.29. The molecule has 0 aliphatic carbocycles. The van der Waals surface area contributed by atoms with Crippen molar-refractivity contribution in [3.63, 3.8) is 0 Å². The van der Waals surface area contributed by atoms with Crippen molar-refractivity contribution in [3.05, 3.63) is 96.4 Å². The predicted molar refractivity (Wildman–Crippen MR) is 116 cm³/mol. The van der Waals surface area contributed by atoms with Crippen molar-refractivity contribution >= 4 is 23.4 Å². The van der Waals surface area contributed by atoms with Crippen LogP contribution in [-0.2, 0) is 9.53 Å². The topological polar surface area (TPSA) is 73.6 Å². The van der Waals surface area contributed by atoms with Gasteiger partial charge in [0.2, 0.25) is 0 Å². The van der Waals surface area contributed by atoms with Gasteiger partial charge in [-0.2, -0.15) is 0 Å². The maximum absolute atomic E-state index is 13.4. The van der Waals surface area contributed by atoms with Crippen LogP contribution in [-0.4, -0.2) is 22.1 Å². The summed E-state index contributed by atoms with van der Waals surface area (Å²) in [5.41, 5.74) is 3.37. The molecule has 0 spiro atoms. The number of rotatable bonds is 4. The van der Waals surface area contributed by atoms with Crippen LogP contribution in [0.2, 0.25) is 0 Å². The summed E-state index contributed by atoms with van der Waals surface area (Å²) < 4.78 is 7.40. The highest BCUT2D eigenvalue weighted by molar-refractivity contribution is 7.07. The standard InChI is InChI=1S/C23H21N3O3S/c1-4-29-22(28)19-15(3)25-23-26(20(19)16-10-8-14(2)9-11-16)21(27)18(30-23)13-17-7-5-6-12-24-17/h5-13,20H,4H2,1-3H3/b18-13+/t20-/m0/s1. The predicted octanol–water partition coefficient (Wildman–Crippen LogP) is 2.50. The Morgan fingerprint density at radius 1 is 1.20 bits per heavy atom. The third kappa shape index (κ3) is 3.64. The van der Waals surface area contributed by atoms with Crippen LogP contribution in [0.1, 0.15) is 36.7 Å². The highest BCUT2D eigenvalue weighted by atomic mass is 32.1. The Morgan fingerprint density at radius 2 is 1.97 bits per heavy atom. The lowest BCUT2D eigenvalue weighted by Crippen LogP contribution is -2.39. The van der Waals surface area contributed by atoms with Crippen LogP contribution in [0.5, 0.6) is 0 Å². The quantitative estimate of drug-likeness (QED) is 0.609. The lowest BCUT2D eigenvalue weighted by molar-refractivity contribution is -0.139. The monoisotopic (exact) mass is 419 g/mol. The van der Waals surface area contributed by atoms with E-state index in [0.717, 1.165) is 11.1 Å². The van der Waals surface area contributed by atoms with Gasteiger partial charge in [-0.15, -0.1) is 0 Å². The highest BCUT2D eigenvalue weighted by Crippen LogP contribution is 2.30. The van der Waals surface area contributed by atoms with Crippen molar-refractivity contribution < 1.29 is 9.53 Å². The summed E-state index contributed by atoms with van der Waals surface area (Å²) in [7, 11) is 0. The Balaban J connectivity index is 1.96. The van der Waals surface area contributed by atoms with Gasteiger partial charge in [-0.3, -0.25) is 14.3 Å².